The van der Waals surface area contributed by atoms with Crippen LogP contribution in [0.3, 0.4) is 0 Å². The molecule has 0 aromatic carbocycles. The minimum Gasteiger partial charge on any atom is -0.481 e. The number of ether oxygens (including phenoxy) is 1. The monoisotopic (exact) mass is 423 g/mol. The standard InChI is InChI=1S/C15H14O5S.C4H9NO.C2H6/c1-8-4-6-21-12(8)11(16)9-3-5-15(2,14(19)20)7-10(9)13(17)18;1-3-6-4-2-5-1;1-2/h3-6H,7H2,1-2H3,(H,17,18)(H,19,20);5H,1-4H2;1-2H3. The molecule has 3 rings (SSSR count). The molecule has 160 valence electrons. The van der Waals surface area contributed by atoms with Gasteiger partial charge >= 0.3 is 11.9 Å². The van der Waals surface area contributed by atoms with Gasteiger partial charge in [-0.1, -0.05) is 26.0 Å². The van der Waals surface area contributed by atoms with Crippen LogP contribution in [0.15, 0.2) is 34.7 Å². The molecule has 1 unspecified atom stereocenters. The van der Waals surface area contributed by atoms with Gasteiger partial charge in [-0.25, -0.2) is 4.79 Å². The molecule has 1 atom stereocenters. The second-order valence-corrected chi connectivity index (χ2v) is 7.47. The van der Waals surface area contributed by atoms with Crippen molar-refractivity contribution in [2.45, 2.75) is 34.1 Å². The first kappa shape index (κ1) is 24.7. The number of Topliss-reactive ketones (excluding diaryl/α,β-unsaturated/α-hetero) is 1. The summed E-state index contributed by atoms with van der Waals surface area (Å²) >= 11 is 1.24. The van der Waals surface area contributed by atoms with Gasteiger partial charge in [0.05, 0.1) is 23.5 Å². The lowest BCUT2D eigenvalue weighted by Gasteiger charge is -2.25. The number of thiophene rings is 1. The van der Waals surface area contributed by atoms with E-state index >= 15 is 0 Å². The number of carbonyl (C=O) groups is 3. The number of aryl methyl sites for hydroxylation is 1. The Labute approximate surface area is 175 Å². The Kier molecular flexibility index (Phi) is 9.94. The highest BCUT2D eigenvalue weighted by Crippen LogP contribution is 2.36. The third-order valence-electron chi connectivity index (χ3n) is 4.39. The maximum absolute atomic E-state index is 12.5. The van der Waals surface area contributed by atoms with E-state index in [9.17, 15) is 24.6 Å². The Morgan fingerprint density at radius 2 is 1.79 bits per heavy atom. The number of rotatable bonds is 4. The van der Waals surface area contributed by atoms with Gasteiger partial charge in [-0.3, -0.25) is 9.59 Å². The van der Waals surface area contributed by atoms with Gasteiger partial charge in [0.2, 0.25) is 5.78 Å². The summed E-state index contributed by atoms with van der Waals surface area (Å²) in [6.45, 7) is 11.0. The SMILES string of the molecule is C1COCCN1.CC.Cc1ccsc1C(=O)C1=C(C(=O)O)CC(C)(C(=O)O)C=C1. The molecule has 0 spiro atoms. The van der Waals surface area contributed by atoms with Crippen LogP contribution in [0.5, 0.6) is 0 Å². The maximum Gasteiger partial charge on any atom is 0.332 e. The van der Waals surface area contributed by atoms with Crippen LogP contribution in [-0.2, 0) is 14.3 Å². The molecule has 0 amide bonds. The summed E-state index contributed by atoms with van der Waals surface area (Å²) in [4.78, 5) is 35.6. The molecule has 7 nitrogen and oxygen atoms in total. The summed E-state index contributed by atoms with van der Waals surface area (Å²) in [5.41, 5.74) is -0.615. The summed E-state index contributed by atoms with van der Waals surface area (Å²) in [7, 11) is 0. The number of carboxylic acids is 2. The van der Waals surface area contributed by atoms with Crippen LogP contribution in [0.2, 0.25) is 0 Å². The molecule has 29 heavy (non-hydrogen) atoms. The Hall–Kier alpha value is -2.29. The van der Waals surface area contributed by atoms with Crippen molar-refractivity contribution in [2.75, 3.05) is 26.3 Å². The quantitative estimate of drug-likeness (QED) is 0.637. The fourth-order valence-electron chi connectivity index (χ4n) is 2.68. The van der Waals surface area contributed by atoms with Crippen LogP contribution in [0.25, 0.3) is 0 Å². The van der Waals surface area contributed by atoms with Gasteiger partial charge in [-0.05, 0) is 37.3 Å². The van der Waals surface area contributed by atoms with Crippen molar-refractivity contribution >= 4 is 29.1 Å². The molecule has 2 heterocycles. The number of allylic oxidation sites excluding steroid dienone is 2. The third-order valence-corrected chi connectivity index (χ3v) is 5.41. The number of ketones is 1. The van der Waals surface area contributed by atoms with Crippen molar-refractivity contribution in [3.8, 4) is 0 Å². The first-order chi connectivity index (χ1) is 13.8. The van der Waals surface area contributed by atoms with E-state index in [1.165, 1.54) is 30.4 Å². The molecule has 3 N–H and O–H groups in total. The van der Waals surface area contributed by atoms with Crippen LogP contribution in [0, 0.1) is 12.3 Å². The van der Waals surface area contributed by atoms with E-state index < -0.39 is 17.4 Å². The summed E-state index contributed by atoms with van der Waals surface area (Å²) in [6.07, 6.45) is 2.50. The lowest BCUT2D eigenvalue weighted by atomic mass is 9.77. The van der Waals surface area contributed by atoms with E-state index in [4.69, 9.17) is 4.74 Å². The zero-order valence-electron chi connectivity index (χ0n) is 17.3. The van der Waals surface area contributed by atoms with Crippen molar-refractivity contribution in [2.24, 2.45) is 5.41 Å². The molecule has 1 saturated heterocycles. The number of hydrogen-bond acceptors (Lipinski definition) is 6. The summed E-state index contributed by atoms with van der Waals surface area (Å²) in [6, 6.07) is 1.78. The minimum atomic E-state index is -1.30. The summed E-state index contributed by atoms with van der Waals surface area (Å²) < 4.78 is 5.01. The van der Waals surface area contributed by atoms with Crippen LogP contribution in [0.4, 0.5) is 0 Å². The largest absolute Gasteiger partial charge is 0.481 e. The number of carbonyl (C=O) groups excluding carboxylic acids is 1. The zero-order chi connectivity index (χ0) is 22.0. The average Bonchev–Trinajstić information content (AvgIpc) is 3.16. The van der Waals surface area contributed by atoms with Gasteiger partial charge in [0, 0.05) is 24.2 Å². The second kappa shape index (κ2) is 11.6. The number of aliphatic carboxylic acids is 2. The van der Waals surface area contributed by atoms with Crippen molar-refractivity contribution in [1.29, 1.82) is 0 Å². The fraction of sp³-hybridized carbons (Fsp3) is 0.476. The zero-order valence-corrected chi connectivity index (χ0v) is 18.1. The molecule has 1 aromatic heterocycles. The Balaban J connectivity index is 0.000000442. The van der Waals surface area contributed by atoms with Gasteiger partial charge in [0.25, 0.3) is 0 Å². The maximum atomic E-state index is 12.5. The lowest BCUT2D eigenvalue weighted by molar-refractivity contribution is -0.145. The van der Waals surface area contributed by atoms with Crippen LogP contribution in [-0.4, -0.2) is 54.2 Å². The smallest absolute Gasteiger partial charge is 0.332 e. The highest BCUT2D eigenvalue weighted by atomic mass is 32.1. The Morgan fingerprint density at radius 1 is 1.17 bits per heavy atom. The molecule has 1 aliphatic carbocycles. The van der Waals surface area contributed by atoms with Gasteiger partial charge in [-0.2, -0.15) is 0 Å². The van der Waals surface area contributed by atoms with E-state index in [1.807, 2.05) is 13.8 Å². The lowest BCUT2D eigenvalue weighted by Crippen LogP contribution is -2.30. The average molecular weight is 424 g/mol. The van der Waals surface area contributed by atoms with E-state index in [0.717, 1.165) is 31.9 Å². The highest BCUT2D eigenvalue weighted by molar-refractivity contribution is 7.12. The number of carboxylic acid groups (broad SMARTS) is 2. The van der Waals surface area contributed by atoms with Gasteiger partial charge in [-0.15, -0.1) is 11.3 Å². The van der Waals surface area contributed by atoms with Crippen molar-refractivity contribution in [3.05, 3.63) is 45.2 Å². The van der Waals surface area contributed by atoms with Gasteiger partial charge in [0.1, 0.15) is 0 Å². The van der Waals surface area contributed by atoms with Crippen LogP contribution >= 0.6 is 11.3 Å². The predicted molar refractivity (Wildman–Crippen MR) is 113 cm³/mol. The Morgan fingerprint density at radius 3 is 2.17 bits per heavy atom. The topological polar surface area (TPSA) is 113 Å². The molecular weight excluding hydrogens is 394 g/mol. The van der Waals surface area contributed by atoms with Crippen molar-refractivity contribution in [1.82, 2.24) is 5.32 Å². The van der Waals surface area contributed by atoms with Crippen molar-refractivity contribution < 1.29 is 29.3 Å². The molecule has 1 aromatic rings. The molecule has 0 bridgehead atoms. The number of nitrogens with one attached hydrogen (secondary N) is 1. The fourth-order valence-corrected chi connectivity index (χ4v) is 3.56. The first-order valence-corrected chi connectivity index (χ1v) is 10.4. The highest BCUT2D eigenvalue weighted by Gasteiger charge is 2.38. The molecule has 0 saturated carbocycles. The first-order valence-electron chi connectivity index (χ1n) is 9.52. The summed E-state index contributed by atoms with van der Waals surface area (Å²) in [5.74, 6) is -2.75. The van der Waals surface area contributed by atoms with Crippen LogP contribution < -0.4 is 5.32 Å². The second-order valence-electron chi connectivity index (χ2n) is 6.55. The van der Waals surface area contributed by atoms with Crippen LogP contribution in [0.1, 0.15) is 42.4 Å². The van der Waals surface area contributed by atoms with Gasteiger partial charge < -0.3 is 20.3 Å². The molecule has 1 aliphatic heterocycles. The van der Waals surface area contributed by atoms with Crippen molar-refractivity contribution in [3.63, 3.8) is 0 Å². The van der Waals surface area contributed by atoms with E-state index in [1.54, 1.807) is 18.4 Å². The van der Waals surface area contributed by atoms with E-state index in [2.05, 4.69) is 5.32 Å². The number of hydrogen-bond donors (Lipinski definition) is 3. The summed E-state index contributed by atoms with van der Waals surface area (Å²) in [5, 5.41) is 23.4. The number of morpholine rings is 1. The Bertz CT molecular complexity index is 779. The van der Waals surface area contributed by atoms with Gasteiger partial charge in [0.15, 0.2) is 0 Å². The van der Waals surface area contributed by atoms with E-state index in [-0.39, 0.29) is 23.4 Å². The minimum absolute atomic E-state index is 0.0618. The molecule has 2 aliphatic rings. The molecular formula is C21H29NO6S. The third kappa shape index (κ3) is 6.62. The normalized spacial score (nSPS) is 20.7. The predicted octanol–water partition coefficient (Wildman–Crippen LogP) is 3.30. The molecule has 1 fully saturated rings. The molecule has 0 radical (unpaired) electrons. The van der Waals surface area contributed by atoms with E-state index in [0.29, 0.717) is 4.88 Å². The molecule has 8 heteroatoms.